The monoisotopic (exact) mass is 392 g/mol. The van der Waals surface area contributed by atoms with Gasteiger partial charge >= 0.3 is 12.1 Å². The molecular weight excluding hydrogens is 369 g/mol. The van der Waals surface area contributed by atoms with E-state index >= 15 is 0 Å². The summed E-state index contributed by atoms with van der Waals surface area (Å²) in [6, 6.07) is 5.33. The van der Waals surface area contributed by atoms with Crippen molar-refractivity contribution in [2.24, 2.45) is 17.3 Å². The molecule has 6 atom stereocenters. The van der Waals surface area contributed by atoms with Crippen LogP contribution >= 0.6 is 0 Å². The number of halogens is 3. The number of hydrogen-bond acceptors (Lipinski definition) is 3. The number of phenolic OH excluding ortho intramolecular Hbond substituents is 1. The fraction of sp³-hybridized carbons (Fsp3) is 0.667. The maximum Gasteiger partial charge on any atom is 0.471 e. The van der Waals surface area contributed by atoms with Crippen molar-refractivity contribution in [3.05, 3.63) is 29.3 Å². The van der Waals surface area contributed by atoms with Gasteiger partial charge in [0.25, 0.3) is 0 Å². The van der Waals surface area contributed by atoms with E-state index in [4.69, 9.17) is 0 Å². The number of nitrogens with zero attached hydrogens (tertiary/aromatic N) is 1. The summed E-state index contributed by atoms with van der Waals surface area (Å²) in [6.45, 7) is 1.06. The van der Waals surface area contributed by atoms with Crippen molar-refractivity contribution in [1.29, 1.82) is 0 Å². The number of carbonyl (C=O) groups is 1. The van der Waals surface area contributed by atoms with E-state index in [2.05, 4.69) is 5.32 Å². The molecular formula is C21H23F3N2O2. The van der Waals surface area contributed by atoms with E-state index < -0.39 is 18.1 Å². The maximum atomic E-state index is 13.4. The number of amides is 1. The van der Waals surface area contributed by atoms with Crippen LogP contribution in [0, 0.1) is 17.3 Å². The number of rotatable bonds is 0. The summed E-state index contributed by atoms with van der Waals surface area (Å²) in [7, 11) is 0. The summed E-state index contributed by atoms with van der Waals surface area (Å²) in [5, 5.41) is 13.9. The lowest BCUT2D eigenvalue weighted by molar-refractivity contribution is -0.199. The second kappa shape index (κ2) is 5.04. The van der Waals surface area contributed by atoms with Crippen molar-refractivity contribution < 1.29 is 23.1 Å². The average Bonchev–Trinajstić information content (AvgIpc) is 3.11. The lowest BCUT2D eigenvalue weighted by Gasteiger charge is -2.66. The van der Waals surface area contributed by atoms with Crippen molar-refractivity contribution in [3.63, 3.8) is 0 Å². The van der Waals surface area contributed by atoms with E-state index in [-0.39, 0.29) is 23.1 Å². The predicted molar refractivity (Wildman–Crippen MR) is 94.7 cm³/mol. The standard InChI is InChI=1S/C21H23F3N2O2/c22-21(23,24)18(28)26-6-5-20-14-8-13(27)2-1-11(14)7-16(26)19(20)4-3-15-17(20)12(9-19)10-25-15/h1-2,8,12,15-17,25,27H,3-7,9-10H2/t12-,15?,16?,17?,19?,20?/m0/s1. The summed E-state index contributed by atoms with van der Waals surface area (Å²) in [6.07, 6.45) is -1.14. The molecule has 1 aromatic rings. The Bertz CT molecular complexity index is 887. The van der Waals surface area contributed by atoms with Crippen molar-refractivity contribution >= 4 is 5.91 Å². The molecule has 2 saturated heterocycles. The molecule has 0 radical (unpaired) electrons. The van der Waals surface area contributed by atoms with Crippen LogP contribution in [0.25, 0.3) is 0 Å². The van der Waals surface area contributed by atoms with Gasteiger partial charge in [-0.15, -0.1) is 0 Å². The third-order valence-corrected chi connectivity index (χ3v) is 8.82. The fourth-order valence-corrected chi connectivity index (χ4v) is 8.26. The third-order valence-electron chi connectivity index (χ3n) is 8.82. The number of benzene rings is 1. The maximum absolute atomic E-state index is 13.4. The Labute approximate surface area is 161 Å². The van der Waals surface area contributed by atoms with Crippen LogP contribution in [0.4, 0.5) is 13.2 Å². The molecule has 28 heavy (non-hydrogen) atoms. The number of aromatic hydroxyl groups is 1. The van der Waals surface area contributed by atoms with Gasteiger partial charge < -0.3 is 15.3 Å². The molecule has 7 heteroatoms. The van der Waals surface area contributed by atoms with Crippen LogP contribution in [0.2, 0.25) is 0 Å². The highest BCUT2D eigenvalue weighted by Gasteiger charge is 2.75. The largest absolute Gasteiger partial charge is 0.508 e. The normalized spacial score (nSPS) is 42.9. The molecule has 2 aliphatic heterocycles. The summed E-state index contributed by atoms with van der Waals surface area (Å²) < 4.78 is 40.2. The van der Waals surface area contributed by atoms with Crippen LogP contribution in [-0.4, -0.2) is 47.3 Å². The van der Waals surface area contributed by atoms with E-state index in [1.54, 1.807) is 6.07 Å². The van der Waals surface area contributed by atoms with Gasteiger partial charge in [0, 0.05) is 29.5 Å². The molecule has 2 saturated carbocycles. The van der Waals surface area contributed by atoms with Crippen molar-refractivity contribution in [3.8, 4) is 5.75 Å². The number of hydrogen-bond donors (Lipinski definition) is 2. The first-order chi connectivity index (χ1) is 13.3. The average molecular weight is 392 g/mol. The Kier molecular flexibility index (Phi) is 3.08. The minimum atomic E-state index is -4.83. The minimum absolute atomic E-state index is 0.149. The zero-order chi connectivity index (χ0) is 19.5. The molecule has 1 amide bonds. The van der Waals surface area contributed by atoms with Crippen molar-refractivity contribution in [1.82, 2.24) is 10.2 Å². The van der Waals surface area contributed by atoms with Gasteiger partial charge in [0.1, 0.15) is 5.75 Å². The number of nitrogens with one attached hydrogen (secondary N) is 1. The van der Waals surface area contributed by atoms with Gasteiger partial charge in [0.2, 0.25) is 0 Å². The van der Waals surface area contributed by atoms with Gasteiger partial charge in [-0.25, -0.2) is 0 Å². The Balaban J connectivity index is 1.58. The molecule has 0 aromatic heterocycles. The molecule has 5 unspecified atom stereocenters. The summed E-state index contributed by atoms with van der Waals surface area (Å²) in [4.78, 5) is 13.5. The second-order valence-corrected chi connectivity index (χ2v) is 9.48. The number of alkyl halides is 3. The first-order valence-corrected chi connectivity index (χ1v) is 10.2. The zero-order valence-electron chi connectivity index (χ0n) is 15.4. The van der Waals surface area contributed by atoms with Crippen LogP contribution in [0.1, 0.15) is 36.8 Å². The Morgan fingerprint density at radius 2 is 2.11 bits per heavy atom. The summed E-state index contributed by atoms with van der Waals surface area (Å²) in [5.74, 6) is -0.641. The molecule has 5 aliphatic rings. The first kappa shape index (κ1) is 17.1. The molecule has 6 rings (SSSR count). The number of phenols is 1. The molecule has 0 spiro atoms. The molecule has 3 aliphatic carbocycles. The van der Waals surface area contributed by atoms with Gasteiger partial charge in [-0.05, 0) is 73.7 Å². The Morgan fingerprint density at radius 3 is 2.89 bits per heavy atom. The van der Waals surface area contributed by atoms with Gasteiger partial charge in [-0.1, -0.05) is 6.07 Å². The first-order valence-electron chi connectivity index (χ1n) is 10.2. The molecule has 150 valence electrons. The molecule has 4 bridgehead atoms. The number of fused-ring (bicyclic) bond motifs is 1. The minimum Gasteiger partial charge on any atom is -0.508 e. The van der Waals surface area contributed by atoms with E-state index in [0.717, 1.165) is 41.8 Å². The SMILES string of the molecule is O=C(N1CCC23c4cc(O)ccc4CC1C21CCC2NC[C@H](C1)C23)C(F)(F)F. The predicted octanol–water partition coefficient (Wildman–Crippen LogP) is 2.74. The summed E-state index contributed by atoms with van der Waals surface area (Å²) >= 11 is 0. The van der Waals surface area contributed by atoms with E-state index in [0.29, 0.717) is 30.7 Å². The number of likely N-dealkylation sites (tertiary alicyclic amines) is 1. The topological polar surface area (TPSA) is 52.6 Å². The van der Waals surface area contributed by atoms with Crippen LogP contribution in [0.15, 0.2) is 18.2 Å². The lowest BCUT2D eigenvalue weighted by atomic mass is 9.43. The highest BCUT2D eigenvalue weighted by Crippen LogP contribution is 2.74. The second-order valence-electron chi connectivity index (χ2n) is 9.48. The molecule has 2 heterocycles. The van der Waals surface area contributed by atoms with Crippen LogP contribution in [0.5, 0.6) is 5.75 Å². The smallest absolute Gasteiger partial charge is 0.471 e. The quantitative estimate of drug-likeness (QED) is 0.714. The molecule has 4 fully saturated rings. The van der Waals surface area contributed by atoms with Gasteiger partial charge in [0.05, 0.1) is 0 Å². The highest BCUT2D eigenvalue weighted by atomic mass is 19.4. The lowest BCUT2D eigenvalue weighted by Crippen LogP contribution is -2.71. The van der Waals surface area contributed by atoms with E-state index in [1.807, 2.05) is 12.1 Å². The zero-order valence-corrected chi connectivity index (χ0v) is 15.4. The summed E-state index contributed by atoms with van der Waals surface area (Å²) in [5.41, 5.74) is 1.61. The Hall–Kier alpha value is -1.76. The van der Waals surface area contributed by atoms with Gasteiger partial charge in [-0.2, -0.15) is 13.2 Å². The fourth-order valence-electron chi connectivity index (χ4n) is 8.26. The molecule has 2 N–H and O–H groups in total. The molecule has 1 aromatic carbocycles. The van der Waals surface area contributed by atoms with Gasteiger partial charge in [0.15, 0.2) is 0 Å². The van der Waals surface area contributed by atoms with Crippen LogP contribution in [0.3, 0.4) is 0 Å². The number of piperidine rings is 1. The van der Waals surface area contributed by atoms with Crippen molar-refractivity contribution in [2.75, 3.05) is 13.1 Å². The van der Waals surface area contributed by atoms with Crippen molar-refractivity contribution in [2.45, 2.75) is 55.8 Å². The van der Waals surface area contributed by atoms with E-state index in [9.17, 15) is 23.1 Å². The van der Waals surface area contributed by atoms with E-state index in [1.165, 1.54) is 0 Å². The Morgan fingerprint density at radius 1 is 1.29 bits per heavy atom. The number of carbonyl (C=O) groups excluding carboxylic acids is 1. The van der Waals surface area contributed by atoms with Crippen LogP contribution in [-0.2, 0) is 16.6 Å². The van der Waals surface area contributed by atoms with Gasteiger partial charge in [-0.3, -0.25) is 4.79 Å². The van der Waals surface area contributed by atoms with Crippen LogP contribution < -0.4 is 5.32 Å². The highest BCUT2D eigenvalue weighted by molar-refractivity contribution is 5.83. The third kappa shape index (κ3) is 1.76. The molecule has 4 nitrogen and oxygen atoms in total.